The normalized spacial score (nSPS) is 15.3. The first kappa shape index (κ1) is 20.6. The quantitative estimate of drug-likeness (QED) is 0.498. The highest BCUT2D eigenvalue weighted by Crippen LogP contribution is 2.30. The van der Waals surface area contributed by atoms with E-state index in [0.29, 0.717) is 30.6 Å². The molecule has 1 amide bonds. The summed E-state index contributed by atoms with van der Waals surface area (Å²) < 4.78 is 5.54. The van der Waals surface area contributed by atoms with Crippen molar-refractivity contribution in [2.75, 3.05) is 35.6 Å². The van der Waals surface area contributed by atoms with Crippen LogP contribution in [0.15, 0.2) is 24.4 Å². The first-order valence-corrected chi connectivity index (χ1v) is 8.43. The monoisotopic (exact) mass is 392 g/mol. The van der Waals surface area contributed by atoms with Gasteiger partial charge in [0.1, 0.15) is 24.3 Å². The summed E-state index contributed by atoms with van der Waals surface area (Å²) in [4.78, 5) is 20.0. The van der Waals surface area contributed by atoms with E-state index >= 15 is 0 Å². The molecule has 10 heteroatoms. The van der Waals surface area contributed by atoms with Crippen molar-refractivity contribution < 1.29 is 14.6 Å². The highest BCUT2D eigenvalue weighted by molar-refractivity contribution is 7.59. The predicted octanol–water partition coefficient (Wildman–Crippen LogP) is 1.42. The van der Waals surface area contributed by atoms with E-state index in [2.05, 4.69) is 25.9 Å². The second-order valence-corrected chi connectivity index (χ2v) is 5.93. The Kier molecular flexibility index (Phi) is 7.08. The zero-order valence-corrected chi connectivity index (χ0v) is 16.0. The molecule has 1 aromatic heterocycles. The predicted molar refractivity (Wildman–Crippen MR) is 109 cm³/mol. The van der Waals surface area contributed by atoms with Gasteiger partial charge in [0, 0.05) is 25.0 Å². The molecule has 1 aliphatic rings. The van der Waals surface area contributed by atoms with Gasteiger partial charge in [0.25, 0.3) is 5.91 Å². The number of hydrogen-bond acceptors (Lipinski definition) is 8. The van der Waals surface area contributed by atoms with Crippen LogP contribution in [-0.4, -0.2) is 46.8 Å². The summed E-state index contributed by atoms with van der Waals surface area (Å²) in [5.74, 6) is 0.821. The van der Waals surface area contributed by atoms with Crippen LogP contribution in [-0.2, 0) is 0 Å². The van der Waals surface area contributed by atoms with Gasteiger partial charge in [0.2, 0.25) is 5.95 Å². The van der Waals surface area contributed by atoms with Crippen LogP contribution in [0.5, 0.6) is 5.75 Å². The summed E-state index contributed by atoms with van der Waals surface area (Å²) in [5, 5.41) is 19.0. The molecule has 0 bridgehead atoms. The van der Waals surface area contributed by atoms with Crippen molar-refractivity contribution in [2.24, 2.45) is 5.73 Å². The maximum Gasteiger partial charge on any atom is 0.254 e. The van der Waals surface area contributed by atoms with Crippen molar-refractivity contribution in [3.8, 4) is 5.75 Å². The number of anilines is 4. The lowest BCUT2D eigenvalue weighted by Crippen LogP contribution is -2.23. The summed E-state index contributed by atoms with van der Waals surface area (Å²) in [5.41, 5.74) is 7.12. The summed E-state index contributed by atoms with van der Waals surface area (Å²) in [6, 6.07) is 5.47. The molecule has 9 nitrogen and oxygen atoms in total. The molecule has 1 aliphatic heterocycles. The van der Waals surface area contributed by atoms with E-state index < -0.39 is 12.0 Å². The molecule has 1 aromatic carbocycles. The van der Waals surface area contributed by atoms with Gasteiger partial charge in [-0.3, -0.25) is 4.79 Å². The molecule has 2 heterocycles. The molecular formula is C17H24N6O3S. The van der Waals surface area contributed by atoms with E-state index in [9.17, 15) is 9.90 Å². The Bertz CT molecular complexity index is 804. The van der Waals surface area contributed by atoms with Gasteiger partial charge in [-0.05, 0) is 24.6 Å². The smallest absolute Gasteiger partial charge is 0.254 e. The number of rotatable bonds is 6. The number of amides is 1. The van der Waals surface area contributed by atoms with Crippen molar-refractivity contribution in [1.82, 2.24) is 9.97 Å². The summed E-state index contributed by atoms with van der Waals surface area (Å²) in [7, 11) is 0. The SMILES string of the molecule is CCCNc1nc(Nc2ccc3c(c2)NC[C@H](O)CO3)ncc1C(N)=O.S. The number of carbonyl (C=O) groups is 1. The van der Waals surface area contributed by atoms with E-state index in [1.807, 2.05) is 19.1 Å². The summed E-state index contributed by atoms with van der Waals surface area (Å²) in [6.45, 7) is 3.33. The lowest BCUT2D eigenvalue weighted by molar-refractivity contribution is 0.100. The molecular weight excluding hydrogens is 368 g/mol. The summed E-state index contributed by atoms with van der Waals surface area (Å²) in [6.07, 6.45) is 1.72. The van der Waals surface area contributed by atoms with Crippen LogP contribution in [0.3, 0.4) is 0 Å². The zero-order valence-electron chi connectivity index (χ0n) is 15.0. The van der Waals surface area contributed by atoms with Gasteiger partial charge in [-0.25, -0.2) is 4.98 Å². The number of benzene rings is 1. The molecule has 0 spiro atoms. The molecule has 1 atom stereocenters. The van der Waals surface area contributed by atoms with E-state index in [0.717, 1.165) is 17.8 Å². The number of carbonyl (C=O) groups excluding carboxylic acids is 1. The largest absolute Gasteiger partial charge is 0.489 e. The maximum atomic E-state index is 11.5. The Hall–Kier alpha value is -2.72. The molecule has 2 aromatic rings. The standard InChI is InChI=1S/C17H22N6O3.H2S/c1-2-5-19-16-12(15(18)25)8-21-17(23-16)22-10-3-4-14-13(6-10)20-7-11(24)9-26-14;/h3-4,6,8,11,20,24H,2,5,7,9H2,1H3,(H2,18,25)(H2,19,21,22,23);1H2/t11-;/m0./s1. The second-order valence-electron chi connectivity index (χ2n) is 5.93. The molecule has 0 fully saturated rings. The van der Waals surface area contributed by atoms with Gasteiger partial charge in [-0.15, -0.1) is 0 Å². The minimum atomic E-state index is -0.583. The number of fused-ring (bicyclic) bond motifs is 1. The Morgan fingerprint density at radius 1 is 1.48 bits per heavy atom. The number of nitrogens with two attached hydrogens (primary N) is 1. The van der Waals surface area contributed by atoms with Crippen molar-refractivity contribution in [1.29, 1.82) is 0 Å². The average Bonchev–Trinajstić information content (AvgIpc) is 2.81. The van der Waals surface area contributed by atoms with Crippen molar-refractivity contribution in [2.45, 2.75) is 19.4 Å². The highest BCUT2D eigenvalue weighted by Gasteiger charge is 2.16. The third-order valence-electron chi connectivity index (χ3n) is 3.79. The minimum Gasteiger partial charge on any atom is -0.489 e. The Morgan fingerprint density at radius 2 is 2.30 bits per heavy atom. The molecule has 3 rings (SSSR count). The first-order chi connectivity index (χ1) is 12.6. The van der Waals surface area contributed by atoms with E-state index in [1.165, 1.54) is 6.20 Å². The molecule has 0 radical (unpaired) electrons. The third kappa shape index (κ3) is 5.14. The molecule has 0 aliphatic carbocycles. The van der Waals surface area contributed by atoms with Gasteiger partial charge >= 0.3 is 0 Å². The number of hydrogen-bond donors (Lipinski definition) is 5. The number of aliphatic hydroxyl groups excluding tert-OH is 1. The third-order valence-corrected chi connectivity index (χ3v) is 3.79. The van der Waals surface area contributed by atoms with Gasteiger partial charge < -0.3 is 31.5 Å². The van der Waals surface area contributed by atoms with Gasteiger partial charge in [0.05, 0.1) is 11.3 Å². The van der Waals surface area contributed by atoms with Gasteiger partial charge in [-0.1, -0.05) is 6.92 Å². The van der Waals surface area contributed by atoms with Crippen LogP contribution in [0.2, 0.25) is 0 Å². The maximum absolute atomic E-state index is 11.5. The van der Waals surface area contributed by atoms with E-state index in [-0.39, 0.29) is 25.7 Å². The van der Waals surface area contributed by atoms with Gasteiger partial charge in [0.15, 0.2) is 0 Å². The fourth-order valence-electron chi connectivity index (χ4n) is 2.47. The van der Waals surface area contributed by atoms with Crippen LogP contribution in [0, 0.1) is 0 Å². The number of aliphatic hydroxyl groups is 1. The Balaban J connectivity index is 0.00000261. The van der Waals surface area contributed by atoms with Crippen LogP contribution in [0.4, 0.5) is 23.1 Å². The van der Waals surface area contributed by atoms with Crippen LogP contribution in [0.1, 0.15) is 23.7 Å². The molecule has 6 N–H and O–H groups in total. The number of ether oxygens (including phenoxy) is 1. The first-order valence-electron chi connectivity index (χ1n) is 8.43. The van der Waals surface area contributed by atoms with Gasteiger partial charge in [-0.2, -0.15) is 18.5 Å². The molecule has 0 unspecified atom stereocenters. The fourth-order valence-corrected chi connectivity index (χ4v) is 2.47. The molecule has 27 heavy (non-hydrogen) atoms. The molecule has 0 saturated carbocycles. The zero-order chi connectivity index (χ0) is 18.5. The van der Waals surface area contributed by atoms with E-state index in [4.69, 9.17) is 10.5 Å². The lowest BCUT2D eigenvalue weighted by atomic mass is 10.2. The van der Waals surface area contributed by atoms with E-state index in [1.54, 1.807) is 6.07 Å². The van der Waals surface area contributed by atoms with Crippen molar-refractivity contribution in [3.63, 3.8) is 0 Å². The highest BCUT2D eigenvalue weighted by atomic mass is 32.1. The second kappa shape index (κ2) is 9.28. The van der Waals surface area contributed by atoms with Crippen molar-refractivity contribution >= 4 is 42.5 Å². The average molecular weight is 392 g/mol. The Labute approximate surface area is 164 Å². The summed E-state index contributed by atoms with van der Waals surface area (Å²) >= 11 is 0. The number of nitrogens with one attached hydrogen (secondary N) is 3. The lowest BCUT2D eigenvalue weighted by Gasteiger charge is -2.13. The number of nitrogens with zero attached hydrogens (tertiary/aromatic N) is 2. The number of primary amides is 1. The van der Waals surface area contributed by atoms with Crippen LogP contribution >= 0.6 is 13.5 Å². The Morgan fingerprint density at radius 3 is 3.04 bits per heavy atom. The minimum absolute atomic E-state index is 0. The fraction of sp³-hybridized carbons (Fsp3) is 0.353. The number of β-amino-alcohol motifs (C(OH)–C–C–N with tert-alkyl or cyclic N) is 1. The molecule has 146 valence electrons. The van der Waals surface area contributed by atoms with Crippen LogP contribution in [0.25, 0.3) is 0 Å². The number of aromatic nitrogens is 2. The topological polar surface area (TPSA) is 134 Å². The van der Waals surface area contributed by atoms with Crippen molar-refractivity contribution in [3.05, 3.63) is 30.0 Å². The van der Waals surface area contributed by atoms with Crippen LogP contribution < -0.4 is 26.4 Å². The molecule has 0 saturated heterocycles.